The number of benzene rings is 1. The third-order valence-corrected chi connectivity index (χ3v) is 5.72. The van der Waals surface area contributed by atoms with E-state index in [9.17, 15) is 4.79 Å². The van der Waals surface area contributed by atoms with Crippen LogP contribution in [0.3, 0.4) is 0 Å². The Bertz CT molecular complexity index is 606. The first-order chi connectivity index (χ1) is 11.7. The lowest BCUT2D eigenvalue weighted by atomic mass is 9.79. The summed E-state index contributed by atoms with van der Waals surface area (Å²) >= 11 is 0. The van der Waals surface area contributed by atoms with E-state index in [4.69, 9.17) is 9.31 Å². The molecular formula is C19H29BN2O3. The van der Waals surface area contributed by atoms with Crippen molar-refractivity contribution in [2.75, 3.05) is 31.1 Å². The van der Waals surface area contributed by atoms with Crippen LogP contribution < -0.4 is 10.4 Å². The van der Waals surface area contributed by atoms with Gasteiger partial charge in [-0.1, -0.05) is 19.1 Å². The van der Waals surface area contributed by atoms with Gasteiger partial charge < -0.3 is 19.1 Å². The average molecular weight is 344 g/mol. The van der Waals surface area contributed by atoms with Gasteiger partial charge in [0.15, 0.2) is 0 Å². The first-order valence-electron chi connectivity index (χ1n) is 9.22. The fraction of sp³-hybridized carbons (Fsp3) is 0.632. The second kappa shape index (κ2) is 6.65. The van der Waals surface area contributed by atoms with Crippen molar-refractivity contribution >= 4 is 24.2 Å². The van der Waals surface area contributed by atoms with E-state index in [2.05, 4.69) is 56.9 Å². The maximum absolute atomic E-state index is 11.8. The van der Waals surface area contributed by atoms with Crippen molar-refractivity contribution in [3.05, 3.63) is 24.3 Å². The highest BCUT2D eigenvalue weighted by Crippen LogP contribution is 2.36. The minimum absolute atomic E-state index is 0.246. The molecule has 0 radical (unpaired) electrons. The molecule has 0 aliphatic carbocycles. The highest BCUT2D eigenvalue weighted by Gasteiger charge is 2.51. The van der Waals surface area contributed by atoms with Crippen molar-refractivity contribution < 1.29 is 14.1 Å². The van der Waals surface area contributed by atoms with E-state index in [-0.39, 0.29) is 24.2 Å². The number of amides is 1. The zero-order chi connectivity index (χ0) is 18.2. The molecule has 5 nitrogen and oxygen atoms in total. The van der Waals surface area contributed by atoms with Gasteiger partial charge in [0.2, 0.25) is 5.91 Å². The molecule has 2 saturated heterocycles. The predicted octanol–water partition coefficient (Wildman–Crippen LogP) is 2.04. The monoisotopic (exact) mass is 344 g/mol. The lowest BCUT2D eigenvalue weighted by molar-refractivity contribution is -0.131. The molecule has 0 spiro atoms. The maximum atomic E-state index is 11.8. The Balaban J connectivity index is 1.63. The van der Waals surface area contributed by atoms with Crippen molar-refractivity contribution in [1.29, 1.82) is 0 Å². The molecule has 0 N–H and O–H groups in total. The Kier molecular flexibility index (Phi) is 4.86. The van der Waals surface area contributed by atoms with Crippen LogP contribution in [0.5, 0.6) is 0 Å². The van der Waals surface area contributed by atoms with Gasteiger partial charge in [0, 0.05) is 38.3 Å². The molecule has 3 rings (SSSR count). The molecule has 0 unspecified atom stereocenters. The zero-order valence-electron chi connectivity index (χ0n) is 16.0. The third kappa shape index (κ3) is 3.56. The summed E-state index contributed by atoms with van der Waals surface area (Å²) in [5.74, 6) is 0.246. The minimum atomic E-state index is -0.321. The van der Waals surface area contributed by atoms with Gasteiger partial charge in [-0.25, -0.2) is 0 Å². The first kappa shape index (κ1) is 18.3. The number of piperazine rings is 1. The number of anilines is 1. The smallest absolute Gasteiger partial charge is 0.399 e. The van der Waals surface area contributed by atoms with Crippen molar-refractivity contribution in [2.24, 2.45) is 0 Å². The Hall–Kier alpha value is -1.53. The largest absolute Gasteiger partial charge is 0.494 e. The van der Waals surface area contributed by atoms with Gasteiger partial charge >= 0.3 is 7.12 Å². The van der Waals surface area contributed by atoms with Crippen LogP contribution in [0.4, 0.5) is 5.69 Å². The summed E-state index contributed by atoms with van der Waals surface area (Å²) in [4.78, 5) is 16.1. The molecule has 0 saturated carbocycles. The van der Waals surface area contributed by atoms with Crippen molar-refractivity contribution in [2.45, 2.75) is 52.2 Å². The fourth-order valence-corrected chi connectivity index (χ4v) is 3.26. The SMILES string of the molecule is CCC(=O)N1CCN(c2ccc(B3OC(C)(C)C(C)(C)O3)cc2)CC1. The van der Waals surface area contributed by atoms with Crippen LogP contribution in [-0.2, 0) is 14.1 Å². The van der Waals surface area contributed by atoms with Crippen LogP contribution in [0, 0.1) is 0 Å². The van der Waals surface area contributed by atoms with Crippen LogP contribution in [0.2, 0.25) is 0 Å². The molecule has 2 aliphatic rings. The molecule has 136 valence electrons. The summed E-state index contributed by atoms with van der Waals surface area (Å²) in [6.45, 7) is 13.5. The predicted molar refractivity (Wildman–Crippen MR) is 101 cm³/mol. The van der Waals surface area contributed by atoms with E-state index in [0.29, 0.717) is 6.42 Å². The summed E-state index contributed by atoms with van der Waals surface area (Å²) in [5, 5.41) is 0. The van der Waals surface area contributed by atoms with Crippen LogP contribution >= 0.6 is 0 Å². The summed E-state index contributed by atoms with van der Waals surface area (Å²) < 4.78 is 12.2. The molecule has 0 bridgehead atoms. The second-order valence-corrected chi connectivity index (χ2v) is 7.90. The zero-order valence-corrected chi connectivity index (χ0v) is 16.0. The van der Waals surface area contributed by atoms with E-state index in [1.54, 1.807) is 0 Å². The quantitative estimate of drug-likeness (QED) is 0.787. The normalized spacial score (nSPS) is 22.4. The van der Waals surface area contributed by atoms with Crippen LogP contribution in [-0.4, -0.2) is 55.3 Å². The van der Waals surface area contributed by atoms with Gasteiger partial charge in [0.05, 0.1) is 11.2 Å². The number of nitrogens with zero attached hydrogens (tertiary/aromatic N) is 2. The molecule has 2 fully saturated rings. The maximum Gasteiger partial charge on any atom is 0.494 e. The number of carbonyl (C=O) groups excluding carboxylic acids is 1. The molecule has 6 heteroatoms. The minimum Gasteiger partial charge on any atom is -0.399 e. The molecule has 2 heterocycles. The second-order valence-electron chi connectivity index (χ2n) is 7.90. The Morgan fingerprint density at radius 3 is 2.00 bits per heavy atom. The summed E-state index contributed by atoms with van der Waals surface area (Å²) in [6, 6.07) is 8.41. The summed E-state index contributed by atoms with van der Waals surface area (Å²) in [6.07, 6.45) is 0.586. The Morgan fingerprint density at radius 2 is 1.52 bits per heavy atom. The van der Waals surface area contributed by atoms with E-state index in [1.807, 2.05) is 11.8 Å². The van der Waals surface area contributed by atoms with Crippen LogP contribution in [0.1, 0.15) is 41.0 Å². The third-order valence-electron chi connectivity index (χ3n) is 5.72. The lowest BCUT2D eigenvalue weighted by Gasteiger charge is -2.36. The standard InChI is InChI=1S/C19H29BN2O3/c1-6-17(23)22-13-11-21(12-14-22)16-9-7-15(8-10-16)20-24-18(2,3)19(4,5)25-20/h7-10H,6,11-14H2,1-5H3. The molecule has 1 amide bonds. The van der Waals surface area contributed by atoms with E-state index in [1.165, 1.54) is 5.69 Å². The molecule has 1 aromatic rings. The molecular weight excluding hydrogens is 315 g/mol. The van der Waals surface area contributed by atoms with Gasteiger partial charge in [0.1, 0.15) is 0 Å². The van der Waals surface area contributed by atoms with Crippen molar-refractivity contribution in [3.63, 3.8) is 0 Å². The van der Waals surface area contributed by atoms with Crippen molar-refractivity contribution in [1.82, 2.24) is 4.90 Å². The molecule has 1 aromatic carbocycles. The lowest BCUT2D eigenvalue weighted by Crippen LogP contribution is -2.48. The van der Waals surface area contributed by atoms with Gasteiger partial charge in [-0.3, -0.25) is 4.79 Å². The van der Waals surface area contributed by atoms with E-state index in [0.717, 1.165) is 31.6 Å². The summed E-state index contributed by atoms with van der Waals surface area (Å²) in [7, 11) is -0.321. The van der Waals surface area contributed by atoms with Crippen LogP contribution in [0.15, 0.2) is 24.3 Å². The fourth-order valence-electron chi connectivity index (χ4n) is 3.26. The van der Waals surface area contributed by atoms with Gasteiger partial charge in [-0.2, -0.15) is 0 Å². The Morgan fingerprint density at radius 1 is 1.00 bits per heavy atom. The summed E-state index contributed by atoms with van der Waals surface area (Å²) in [5.41, 5.74) is 1.59. The van der Waals surface area contributed by atoms with Crippen molar-refractivity contribution in [3.8, 4) is 0 Å². The molecule has 2 aliphatic heterocycles. The number of hydrogen-bond acceptors (Lipinski definition) is 4. The molecule has 25 heavy (non-hydrogen) atoms. The first-order valence-corrected chi connectivity index (χ1v) is 9.22. The average Bonchev–Trinajstić information content (AvgIpc) is 2.82. The number of hydrogen-bond donors (Lipinski definition) is 0. The topological polar surface area (TPSA) is 42.0 Å². The Labute approximate surface area is 151 Å². The number of rotatable bonds is 3. The van der Waals surface area contributed by atoms with E-state index >= 15 is 0 Å². The van der Waals surface area contributed by atoms with Gasteiger partial charge in [-0.05, 0) is 45.3 Å². The highest BCUT2D eigenvalue weighted by molar-refractivity contribution is 6.62. The van der Waals surface area contributed by atoms with Gasteiger partial charge in [-0.15, -0.1) is 0 Å². The molecule has 0 aromatic heterocycles. The van der Waals surface area contributed by atoms with Crippen LogP contribution in [0.25, 0.3) is 0 Å². The van der Waals surface area contributed by atoms with E-state index < -0.39 is 0 Å². The molecule has 0 atom stereocenters. The highest BCUT2D eigenvalue weighted by atomic mass is 16.7. The van der Waals surface area contributed by atoms with Gasteiger partial charge in [0.25, 0.3) is 0 Å². The number of carbonyl (C=O) groups is 1.